The van der Waals surface area contributed by atoms with Gasteiger partial charge in [0, 0.05) is 11.9 Å². The number of hydrogen-bond donors (Lipinski definition) is 1. The third kappa shape index (κ3) is 3.05. The zero-order valence-electron chi connectivity index (χ0n) is 10.8. The van der Waals surface area contributed by atoms with Crippen LogP contribution in [-0.2, 0) is 6.42 Å². The van der Waals surface area contributed by atoms with Gasteiger partial charge in [-0.05, 0) is 41.0 Å². The van der Waals surface area contributed by atoms with Crippen LogP contribution in [0.25, 0.3) is 5.69 Å². The van der Waals surface area contributed by atoms with E-state index in [0.717, 1.165) is 29.4 Å². The molecule has 0 aliphatic rings. The predicted octanol–water partition coefficient (Wildman–Crippen LogP) is 2.11. The number of hydrogen-bond acceptors (Lipinski definition) is 5. The topological polar surface area (TPSA) is 72.3 Å². The standard InChI is InChI=1S/C13H14N6S/c1-2-6-12(7-3-1)19-13(16-17-18-19)20-8-4-5-11-9-14-15-10-11/h1-3,6-7,9-10H,4-5,8H2,(H,14,15). The number of thioether (sulfide) groups is 1. The van der Waals surface area contributed by atoms with Crippen molar-refractivity contribution in [3.8, 4) is 5.69 Å². The Balaban J connectivity index is 1.57. The van der Waals surface area contributed by atoms with Crippen molar-refractivity contribution in [3.63, 3.8) is 0 Å². The quantitative estimate of drug-likeness (QED) is 0.555. The van der Waals surface area contributed by atoms with Gasteiger partial charge in [-0.1, -0.05) is 30.0 Å². The molecule has 0 unspecified atom stereocenters. The van der Waals surface area contributed by atoms with E-state index in [2.05, 4.69) is 25.7 Å². The van der Waals surface area contributed by atoms with Gasteiger partial charge in [0.15, 0.2) is 0 Å². The molecule has 7 heteroatoms. The van der Waals surface area contributed by atoms with Crippen molar-refractivity contribution in [2.45, 2.75) is 18.0 Å². The van der Waals surface area contributed by atoms with Gasteiger partial charge in [-0.15, -0.1) is 5.10 Å². The number of para-hydroxylation sites is 1. The highest BCUT2D eigenvalue weighted by Crippen LogP contribution is 2.19. The first-order chi connectivity index (χ1) is 9.93. The van der Waals surface area contributed by atoms with E-state index >= 15 is 0 Å². The summed E-state index contributed by atoms with van der Waals surface area (Å²) in [4.78, 5) is 0. The maximum absolute atomic E-state index is 4.07. The Bertz CT molecular complexity index is 634. The molecule has 0 radical (unpaired) electrons. The lowest BCUT2D eigenvalue weighted by molar-refractivity contribution is 0.755. The van der Waals surface area contributed by atoms with E-state index in [4.69, 9.17) is 0 Å². The van der Waals surface area contributed by atoms with Gasteiger partial charge in [0.1, 0.15) is 0 Å². The summed E-state index contributed by atoms with van der Waals surface area (Å²) in [6.45, 7) is 0. The van der Waals surface area contributed by atoms with Crippen molar-refractivity contribution in [2.24, 2.45) is 0 Å². The summed E-state index contributed by atoms with van der Waals surface area (Å²) in [7, 11) is 0. The third-order valence-corrected chi connectivity index (χ3v) is 3.84. The summed E-state index contributed by atoms with van der Waals surface area (Å²) < 4.78 is 1.77. The van der Waals surface area contributed by atoms with Crippen LogP contribution in [0.3, 0.4) is 0 Å². The fourth-order valence-corrected chi connectivity index (χ4v) is 2.68. The molecule has 102 valence electrons. The van der Waals surface area contributed by atoms with Crippen LogP contribution in [0.4, 0.5) is 0 Å². The van der Waals surface area contributed by atoms with Crippen molar-refractivity contribution in [1.29, 1.82) is 0 Å². The first-order valence-corrected chi connectivity index (χ1v) is 7.36. The van der Waals surface area contributed by atoms with Crippen LogP contribution < -0.4 is 0 Å². The smallest absolute Gasteiger partial charge is 0.214 e. The molecule has 0 atom stereocenters. The lowest BCUT2D eigenvalue weighted by Gasteiger charge is -2.03. The Labute approximate surface area is 120 Å². The van der Waals surface area contributed by atoms with Crippen LogP contribution in [0, 0.1) is 0 Å². The molecule has 0 aliphatic heterocycles. The molecule has 0 amide bonds. The number of H-pyrrole nitrogens is 1. The van der Waals surface area contributed by atoms with E-state index in [1.54, 1.807) is 16.4 Å². The first-order valence-electron chi connectivity index (χ1n) is 6.38. The average Bonchev–Trinajstić information content (AvgIpc) is 3.16. The molecule has 1 N–H and O–H groups in total. The van der Waals surface area contributed by atoms with Gasteiger partial charge >= 0.3 is 0 Å². The summed E-state index contributed by atoms with van der Waals surface area (Å²) in [5, 5.41) is 19.4. The molecule has 6 nitrogen and oxygen atoms in total. The zero-order valence-corrected chi connectivity index (χ0v) is 11.6. The van der Waals surface area contributed by atoms with Gasteiger partial charge in [0.05, 0.1) is 11.9 Å². The first kappa shape index (κ1) is 12.9. The lowest BCUT2D eigenvalue weighted by atomic mass is 10.2. The molecule has 3 rings (SSSR count). The minimum atomic E-state index is 0.823. The van der Waals surface area contributed by atoms with Crippen molar-refractivity contribution in [2.75, 3.05) is 5.75 Å². The summed E-state index contributed by atoms with van der Waals surface area (Å²) in [6, 6.07) is 9.91. The summed E-state index contributed by atoms with van der Waals surface area (Å²) >= 11 is 1.67. The number of benzene rings is 1. The van der Waals surface area contributed by atoms with Crippen molar-refractivity contribution >= 4 is 11.8 Å². The molecule has 0 spiro atoms. The minimum Gasteiger partial charge on any atom is -0.285 e. The van der Waals surface area contributed by atoms with Gasteiger partial charge in [0.25, 0.3) is 0 Å². The molecule has 20 heavy (non-hydrogen) atoms. The molecule has 2 aromatic heterocycles. The summed E-state index contributed by atoms with van der Waals surface area (Å²) in [5.41, 5.74) is 2.21. The van der Waals surface area contributed by atoms with Crippen molar-refractivity contribution < 1.29 is 0 Å². The Morgan fingerprint density at radius 3 is 2.90 bits per heavy atom. The van der Waals surface area contributed by atoms with Crippen LogP contribution in [0.15, 0.2) is 47.9 Å². The van der Waals surface area contributed by atoms with E-state index in [1.165, 1.54) is 5.56 Å². The molecule has 0 fully saturated rings. The summed E-state index contributed by atoms with van der Waals surface area (Å²) in [6.07, 6.45) is 5.86. The highest BCUT2D eigenvalue weighted by Gasteiger charge is 2.08. The Morgan fingerprint density at radius 2 is 2.10 bits per heavy atom. The number of aromatic nitrogens is 6. The number of aromatic amines is 1. The number of nitrogens with one attached hydrogen (secondary N) is 1. The molecule has 2 heterocycles. The minimum absolute atomic E-state index is 0.823. The van der Waals surface area contributed by atoms with Crippen molar-refractivity contribution in [3.05, 3.63) is 48.3 Å². The Morgan fingerprint density at radius 1 is 1.20 bits per heavy atom. The van der Waals surface area contributed by atoms with E-state index in [9.17, 15) is 0 Å². The second-order valence-electron chi connectivity index (χ2n) is 4.27. The fourth-order valence-electron chi connectivity index (χ4n) is 1.85. The van der Waals surface area contributed by atoms with Gasteiger partial charge in [-0.3, -0.25) is 5.10 Å². The molecular weight excluding hydrogens is 272 g/mol. The highest BCUT2D eigenvalue weighted by molar-refractivity contribution is 7.99. The molecule has 0 bridgehead atoms. The van der Waals surface area contributed by atoms with Crippen LogP contribution >= 0.6 is 11.8 Å². The van der Waals surface area contributed by atoms with Crippen LogP contribution in [0.2, 0.25) is 0 Å². The van der Waals surface area contributed by atoms with E-state index < -0.39 is 0 Å². The van der Waals surface area contributed by atoms with Gasteiger partial charge in [-0.25, -0.2) is 0 Å². The van der Waals surface area contributed by atoms with Gasteiger partial charge in [0.2, 0.25) is 5.16 Å². The Kier molecular flexibility index (Phi) is 4.07. The molecule has 1 aromatic carbocycles. The van der Waals surface area contributed by atoms with Crippen molar-refractivity contribution in [1.82, 2.24) is 30.4 Å². The number of nitrogens with zero attached hydrogens (tertiary/aromatic N) is 5. The molecular formula is C13H14N6S. The monoisotopic (exact) mass is 286 g/mol. The summed E-state index contributed by atoms with van der Waals surface area (Å²) in [5.74, 6) is 0.971. The third-order valence-electron chi connectivity index (χ3n) is 2.84. The number of rotatable bonds is 6. The Hall–Kier alpha value is -2.15. The van der Waals surface area contributed by atoms with E-state index in [-0.39, 0.29) is 0 Å². The van der Waals surface area contributed by atoms with Gasteiger partial charge < -0.3 is 0 Å². The normalized spacial score (nSPS) is 10.8. The van der Waals surface area contributed by atoms with E-state index in [0.29, 0.717) is 0 Å². The SMILES string of the molecule is c1ccc(-n2nnnc2SCCCc2cn[nH]c2)cc1. The number of tetrazole rings is 1. The van der Waals surface area contributed by atoms with Crippen LogP contribution in [0.5, 0.6) is 0 Å². The average molecular weight is 286 g/mol. The predicted molar refractivity (Wildman–Crippen MR) is 76.8 cm³/mol. The fraction of sp³-hybridized carbons (Fsp3) is 0.231. The highest BCUT2D eigenvalue weighted by atomic mass is 32.2. The van der Waals surface area contributed by atoms with E-state index in [1.807, 2.05) is 42.7 Å². The van der Waals surface area contributed by atoms with Gasteiger partial charge in [-0.2, -0.15) is 9.78 Å². The molecule has 0 saturated carbocycles. The molecule has 0 aliphatic carbocycles. The van der Waals surface area contributed by atoms with Crippen LogP contribution in [-0.4, -0.2) is 36.2 Å². The second-order valence-corrected chi connectivity index (χ2v) is 5.33. The second kappa shape index (κ2) is 6.33. The molecule has 0 saturated heterocycles. The van der Waals surface area contributed by atoms with Crippen LogP contribution in [0.1, 0.15) is 12.0 Å². The maximum atomic E-state index is 4.07. The molecule has 3 aromatic rings. The largest absolute Gasteiger partial charge is 0.285 e. The number of aryl methyl sites for hydroxylation is 1. The zero-order chi connectivity index (χ0) is 13.6. The lowest BCUT2D eigenvalue weighted by Crippen LogP contribution is -1.99. The maximum Gasteiger partial charge on any atom is 0.214 e.